The van der Waals surface area contributed by atoms with E-state index in [0.717, 1.165) is 12.2 Å². The molecule has 0 aliphatic carbocycles. The van der Waals surface area contributed by atoms with Crippen molar-refractivity contribution in [1.82, 2.24) is 0 Å². The summed E-state index contributed by atoms with van der Waals surface area (Å²) >= 11 is 0. The zero-order valence-corrected chi connectivity index (χ0v) is 10.7. The molecule has 8 nitrogen and oxygen atoms in total. The van der Waals surface area contributed by atoms with E-state index in [1.807, 2.05) is 30.3 Å². The fraction of sp³-hybridized carbons (Fsp3) is 0.300. The van der Waals surface area contributed by atoms with E-state index in [1.165, 1.54) is 0 Å². The van der Waals surface area contributed by atoms with Crippen LogP contribution in [0.2, 0.25) is 0 Å². The Morgan fingerprint density at radius 2 is 1.84 bits per heavy atom. The van der Waals surface area contributed by atoms with Gasteiger partial charge in [-0.3, -0.25) is 9.11 Å². The molecule has 0 atom stereocenters. The molecule has 0 unspecified atom stereocenters. The van der Waals surface area contributed by atoms with E-state index in [-0.39, 0.29) is 0 Å². The Morgan fingerprint density at radius 1 is 1.26 bits per heavy atom. The quantitative estimate of drug-likeness (QED) is 0.440. The van der Waals surface area contributed by atoms with Crippen LogP contribution in [0.4, 0.5) is 5.69 Å². The summed E-state index contributed by atoms with van der Waals surface area (Å²) < 4.78 is 36.7. The average molecular weight is 287 g/mol. The maximum atomic E-state index is 8.74. The standard InChI is InChI=1S/C10H11N3O.H2O4S/c11-12-10-8-13(6-7-14-10)9-4-2-1-3-5-9;1-5(2,3)4/h1-5H,6-8H2;(H2,1,2,3,4). The molecule has 19 heavy (non-hydrogen) atoms. The molecule has 9 heteroatoms. The van der Waals surface area contributed by atoms with E-state index in [2.05, 4.69) is 9.69 Å². The molecule has 1 fully saturated rings. The highest BCUT2D eigenvalue weighted by Crippen LogP contribution is 2.14. The summed E-state index contributed by atoms with van der Waals surface area (Å²) in [4.78, 5) is 5.19. The second-order valence-corrected chi connectivity index (χ2v) is 4.44. The highest BCUT2D eigenvalue weighted by molar-refractivity contribution is 7.79. The van der Waals surface area contributed by atoms with E-state index >= 15 is 0 Å². The van der Waals surface area contributed by atoms with Gasteiger partial charge in [0, 0.05) is 5.69 Å². The predicted molar refractivity (Wildman–Crippen MR) is 67.4 cm³/mol. The fourth-order valence-electron chi connectivity index (χ4n) is 1.48. The largest absolute Gasteiger partial charge is 0.469 e. The van der Waals surface area contributed by atoms with Gasteiger partial charge in [-0.15, -0.1) is 4.79 Å². The number of nitrogens with zero attached hydrogens (tertiary/aromatic N) is 3. The van der Waals surface area contributed by atoms with Gasteiger partial charge >= 0.3 is 16.3 Å². The van der Waals surface area contributed by atoms with Crippen LogP contribution in [0.1, 0.15) is 0 Å². The van der Waals surface area contributed by atoms with Crippen molar-refractivity contribution in [2.75, 3.05) is 24.6 Å². The van der Waals surface area contributed by atoms with Gasteiger partial charge in [-0.1, -0.05) is 18.2 Å². The second-order valence-electron chi connectivity index (χ2n) is 3.55. The first kappa shape index (κ1) is 15.1. The Morgan fingerprint density at radius 3 is 2.37 bits per heavy atom. The third kappa shape index (κ3) is 6.53. The van der Waals surface area contributed by atoms with E-state index in [1.54, 1.807) is 0 Å². The number of para-hydroxylation sites is 1. The van der Waals surface area contributed by atoms with Gasteiger partial charge in [0.2, 0.25) is 0 Å². The number of ether oxygens (including phenoxy) is 1. The number of benzene rings is 1. The van der Waals surface area contributed by atoms with Gasteiger partial charge in [-0.25, -0.2) is 0 Å². The average Bonchev–Trinajstić information content (AvgIpc) is 2.38. The summed E-state index contributed by atoms with van der Waals surface area (Å²) in [7, 11) is -4.67. The Balaban J connectivity index is 0.000000312. The van der Waals surface area contributed by atoms with Crippen LogP contribution in [0.3, 0.4) is 0 Å². The Hall–Kier alpha value is -1.93. The van der Waals surface area contributed by atoms with Crippen LogP contribution in [-0.2, 0) is 15.1 Å². The molecule has 0 amide bonds. The minimum absolute atomic E-state index is 0.375. The van der Waals surface area contributed by atoms with Gasteiger partial charge in [0.05, 0.1) is 6.54 Å². The fourth-order valence-corrected chi connectivity index (χ4v) is 1.48. The highest BCUT2D eigenvalue weighted by atomic mass is 32.3. The molecule has 1 aliphatic rings. The van der Waals surface area contributed by atoms with Crippen LogP contribution in [-0.4, -0.2) is 47.9 Å². The molecule has 0 aromatic heterocycles. The molecule has 1 saturated heterocycles. The van der Waals surface area contributed by atoms with Crippen LogP contribution in [0.15, 0.2) is 30.3 Å². The van der Waals surface area contributed by atoms with Gasteiger partial charge < -0.3 is 15.2 Å². The zero-order chi connectivity index (χ0) is 14.3. The molecule has 104 valence electrons. The highest BCUT2D eigenvalue weighted by Gasteiger charge is 2.22. The second kappa shape index (κ2) is 6.86. The van der Waals surface area contributed by atoms with E-state index in [9.17, 15) is 0 Å². The number of anilines is 1. The van der Waals surface area contributed by atoms with Crippen LogP contribution >= 0.6 is 0 Å². The Bertz CT molecular complexity index is 546. The van der Waals surface area contributed by atoms with Gasteiger partial charge in [0.25, 0.3) is 0 Å². The lowest BCUT2D eigenvalue weighted by atomic mass is 10.2. The number of rotatable bonds is 1. The molecule has 0 radical (unpaired) electrons. The zero-order valence-electron chi connectivity index (χ0n) is 9.88. The topological polar surface area (TPSA) is 123 Å². The lowest BCUT2D eigenvalue weighted by molar-refractivity contribution is -0.0454. The molecule has 0 spiro atoms. The van der Waals surface area contributed by atoms with Crippen molar-refractivity contribution in [1.29, 1.82) is 0 Å². The monoisotopic (exact) mass is 287 g/mol. The van der Waals surface area contributed by atoms with Crippen molar-refractivity contribution < 1.29 is 27.1 Å². The molecule has 1 heterocycles. The van der Waals surface area contributed by atoms with Crippen molar-refractivity contribution in [2.45, 2.75) is 0 Å². The van der Waals surface area contributed by atoms with Crippen LogP contribution in [0.25, 0.3) is 5.53 Å². The van der Waals surface area contributed by atoms with Crippen molar-refractivity contribution in [2.24, 2.45) is 0 Å². The third-order valence-corrected chi connectivity index (χ3v) is 2.19. The van der Waals surface area contributed by atoms with Crippen LogP contribution in [0.5, 0.6) is 0 Å². The van der Waals surface area contributed by atoms with Crippen molar-refractivity contribution >= 4 is 22.0 Å². The molecule has 1 aromatic carbocycles. The molecule has 1 aliphatic heterocycles. The lowest BCUT2D eigenvalue weighted by Gasteiger charge is -2.25. The maximum Gasteiger partial charge on any atom is 0.469 e. The summed E-state index contributed by atoms with van der Waals surface area (Å²) in [6, 6.07) is 10.0. The third-order valence-electron chi connectivity index (χ3n) is 2.19. The molecule has 0 bridgehead atoms. The van der Waals surface area contributed by atoms with E-state index in [4.69, 9.17) is 27.8 Å². The van der Waals surface area contributed by atoms with Crippen molar-refractivity contribution in [3.63, 3.8) is 0 Å². The molecule has 2 rings (SSSR count). The summed E-state index contributed by atoms with van der Waals surface area (Å²) in [5.74, 6) is 0.375. The van der Waals surface area contributed by atoms with E-state index in [0.29, 0.717) is 19.0 Å². The lowest BCUT2D eigenvalue weighted by Crippen LogP contribution is -2.40. The van der Waals surface area contributed by atoms with Crippen LogP contribution in [0, 0.1) is 0 Å². The SMILES string of the molecule is O=S(=O)(O)O.[N-]=[N+]=C1CN(c2ccccc2)CCO1. The molecular formula is C10H13N3O5S. The van der Waals surface area contributed by atoms with Crippen LogP contribution < -0.4 is 4.90 Å². The summed E-state index contributed by atoms with van der Waals surface area (Å²) in [6.45, 7) is 1.91. The van der Waals surface area contributed by atoms with Gasteiger partial charge in [-0.2, -0.15) is 8.42 Å². The minimum atomic E-state index is -4.67. The normalized spacial score (nSPS) is 14.8. The summed E-state index contributed by atoms with van der Waals surface area (Å²) in [5, 5.41) is 0. The van der Waals surface area contributed by atoms with Gasteiger partial charge in [0.15, 0.2) is 6.54 Å². The summed E-state index contributed by atoms with van der Waals surface area (Å²) in [5.41, 5.74) is 9.71. The number of hydrogen-bond donors (Lipinski definition) is 2. The smallest absolute Gasteiger partial charge is 0.433 e. The Labute approximate surface area is 110 Å². The first-order chi connectivity index (χ1) is 8.90. The minimum Gasteiger partial charge on any atom is -0.433 e. The Kier molecular flexibility index (Phi) is 5.46. The van der Waals surface area contributed by atoms with Crippen molar-refractivity contribution in [3.05, 3.63) is 35.9 Å². The first-order valence-electron chi connectivity index (χ1n) is 5.24. The van der Waals surface area contributed by atoms with E-state index < -0.39 is 10.4 Å². The van der Waals surface area contributed by atoms with Gasteiger partial charge in [-0.05, 0) is 12.1 Å². The molecule has 1 aromatic rings. The molecule has 0 saturated carbocycles. The number of hydrogen-bond acceptors (Lipinski definition) is 4. The summed E-state index contributed by atoms with van der Waals surface area (Å²) in [6.07, 6.45) is 0. The molecule has 2 N–H and O–H groups in total. The number of morpholine rings is 1. The van der Waals surface area contributed by atoms with Gasteiger partial charge in [0.1, 0.15) is 6.61 Å². The van der Waals surface area contributed by atoms with Crippen molar-refractivity contribution in [3.8, 4) is 0 Å². The maximum absolute atomic E-state index is 8.74. The first-order valence-corrected chi connectivity index (χ1v) is 6.63. The molecular weight excluding hydrogens is 274 g/mol. The predicted octanol–water partition coefficient (Wildman–Crippen LogP) is 0.499.